The van der Waals surface area contributed by atoms with Crippen molar-refractivity contribution in [1.82, 2.24) is 10.2 Å². The molecule has 6 nitrogen and oxygen atoms in total. The highest BCUT2D eigenvalue weighted by Gasteiger charge is 2.27. The molecule has 0 unspecified atom stereocenters. The van der Waals surface area contributed by atoms with E-state index < -0.39 is 17.6 Å². The normalized spacial score (nSPS) is 12.0. The lowest BCUT2D eigenvalue weighted by atomic mass is 10.0. The Balaban J connectivity index is 1.99. The maximum absolute atomic E-state index is 12.8. The fourth-order valence-electron chi connectivity index (χ4n) is 3.09. The van der Waals surface area contributed by atoms with Crippen molar-refractivity contribution in [2.75, 3.05) is 6.61 Å². The summed E-state index contributed by atoms with van der Waals surface area (Å²) >= 11 is 0. The fraction of sp³-hybridized carbons (Fsp3) is 0.375. The van der Waals surface area contributed by atoms with Gasteiger partial charge < -0.3 is 15.0 Å². The van der Waals surface area contributed by atoms with Crippen LogP contribution in [0, 0.1) is 0 Å². The Hall–Kier alpha value is -3.15. The predicted octanol–water partition coefficient (Wildman–Crippen LogP) is 3.62. The molecule has 0 aromatic heterocycles. The molecule has 0 bridgehead atoms. The Kier molecular flexibility index (Phi) is 8.16. The molecule has 0 fully saturated rings. The Morgan fingerprint density at radius 3 is 2.07 bits per heavy atom. The minimum absolute atomic E-state index is 0.0505. The van der Waals surface area contributed by atoms with Crippen molar-refractivity contribution >= 4 is 17.8 Å². The van der Waals surface area contributed by atoms with Crippen LogP contribution >= 0.6 is 0 Å². The van der Waals surface area contributed by atoms with Gasteiger partial charge in [-0.2, -0.15) is 0 Å². The van der Waals surface area contributed by atoms with Crippen molar-refractivity contribution in [3.05, 3.63) is 71.8 Å². The lowest BCUT2D eigenvalue weighted by Gasteiger charge is -2.35. The highest BCUT2D eigenvalue weighted by Crippen LogP contribution is 2.19. The third-order valence-electron chi connectivity index (χ3n) is 4.60. The van der Waals surface area contributed by atoms with Gasteiger partial charge in [0.2, 0.25) is 5.91 Å². The van der Waals surface area contributed by atoms with E-state index in [0.29, 0.717) is 6.54 Å². The van der Waals surface area contributed by atoms with Gasteiger partial charge in [-0.05, 0) is 31.9 Å². The smallest absolute Gasteiger partial charge is 0.308 e. The zero-order chi connectivity index (χ0) is 22.1. The molecule has 0 aliphatic heterocycles. The van der Waals surface area contributed by atoms with Crippen molar-refractivity contribution in [1.29, 1.82) is 0 Å². The second-order valence-corrected chi connectivity index (χ2v) is 8.16. The summed E-state index contributed by atoms with van der Waals surface area (Å²) in [7, 11) is 0. The lowest BCUT2D eigenvalue weighted by Crippen LogP contribution is -2.47. The largest absolute Gasteiger partial charge is 0.455 e. The SMILES string of the molecule is CC(=O)N[C@H](CC(=O)OCC(=O)N(Cc1ccccc1)C(C)(C)C)c1ccccc1. The first-order valence-electron chi connectivity index (χ1n) is 9.99. The van der Waals surface area contributed by atoms with Gasteiger partial charge in [0.25, 0.3) is 5.91 Å². The molecule has 0 saturated carbocycles. The molecule has 6 heteroatoms. The van der Waals surface area contributed by atoms with Gasteiger partial charge in [0.15, 0.2) is 6.61 Å². The molecule has 30 heavy (non-hydrogen) atoms. The average Bonchev–Trinajstić information content (AvgIpc) is 2.70. The zero-order valence-electron chi connectivity index (χ0n) is 18.1. The number of benzene rings is 2. The lowest BCUT2D eigenvalue weighted by molar-refractivity contribution is -0.155. The number of nitrogens with zero attached hydrogens (tertiary/aromatic N) is 1. The van der Waals surface area contributed by atoms with E-state index in [2.05, 4.69) is 5.32 Å². The number of rotatable bonds is 8. The fourth-order valence-corrected chi connectivity index (χ4v) is 3.09. The summed E-state index contributed by atoms with van der Waals surface area (Å²) in [4.78, 5) is 38.4. The molecule has 160 valence electrons. The van der Waals surface area contributed by atoms with Crippen molar-refractivity contribution < 1.29 is 19.1 Å². The Morgan fingerprint density at radius 2 is 1.53 bits per heavy atom. The molecular weight excluding hydrogens is 380 g/mol. The van der Waals surface area contributed by atoms with Gasteiger partial charge in [-0.25, -0.2) is 0 Å². The number of nitrogens with one attached hydrogen (secondary N) is 1. The molecule has 2 rings (SSSR count). The summed E-state index contributed by atoms with van der Waals surface area (Å²) in [6.07, 6.45) is -0.0505. The van der Waals surface area contributed by atoms with Crippen LogP contribution in [0.2, 0.25) is 0 Å². The average molecular weight is 411 g/mol. The van der Waals surface area contributed by atoms with Gasteiger partial charge in [-0.3, -0.25) is 14.4 Å². The number of ether oxygens (including phenoxy) is 1. The third kappa shape index (κ3) is 7.35. The zero-order valence-corrected chi connectivity index (χ0v) is 18.1. The van der Waals surface area contributed by atoms with Crippen LogP contribution in [0.5, 0.6) is 0 Å². The number of amides is 2. The van der Waals surface area contributed by atoms with Crippen molar-refractivity contribution in [2.24, 2.45) is 0 Å². The van der Waals surface area contributed by atoms with Crippen LogP contribution in [0.15, 0.2) is 60.7 Å². The second kappa shape index (κ2) is 10.6. The Labute approximate surface area is 178 Å². The molecule has 0 heterocycles. The van der Waals surface area contributed by atoms with Gasteiger partial charge in [-0.15, -0.1) is 0 Å². The minimum Gasteiger partial charge on any atom is -0.455 e. The van der Waals surface area contributed by atoms with Crippen molar-refractivity contribution in [2.45, 2.75) is 52.2 Å². The topological polar surface area (TPSA) is 75.7 Å². The summed E-state index contributed by atoms with van der Waals surface area (Å²) in [5.74, 6) is -1.05. The number of carbonyl (C=O) groups excluding carboxylic acids is 3. The van der Waals surface area contributed by atoms with Crippen molar-refractivity contribution in [3.8, 4) is 0 Å². The molecule has 0 spiro atoms. The number of hydrogen-bond acceptors (Lipinski definition) is 4. The summed E-state index contributed by atoms with van der Waals surface area (Å²) in [5, 5.41) is 2.76. The van der Waals surface area contributed by atoms with E-state index in [-0.39, 0.29) is 24.8 Å². The summed E-state index contributed by atoms with van der Waals surface area (Å²) in [6, 6.07) is 18.4. The van der Waals surface area contributed by atoms with Crippen LogP contribution in [-0.2, 0) is 25.7 Å². The molecule has 2 aromatic rings. The summed E-state index contributed by atoms with van der Waals surface area (Å²) in [6.45, 7) is 7.31. The maximum atomic E-state index is 12.8. The summed E-state index contributed by atoms with van der Waals surface area (Å²) in [5.41, 5.74) is 1.38. The van der Waals surface area contributed by atoms with Gasteiger partial charge >= 0.3 is 5.97 Å². The molecule has 0 saturated heterocycles. The van der Waals surface area contributed by atoms with E-state index in [1.165, 1.54) is 6.92 Å². The van der Waals surface area contributed by atoms with Gasteiger partial charge in [0.05, 0.1) is 12.5 Å². The first kappa shape index (κ1) is 23.1. The third-order valence-corrected chi connectivity index (χ3v) is 4.60. The molecule has 0 aliphatic carbocycles. The first-order chi connectivity index (χ1) is 14.2. The standard InChI is InChI=1S/C24H30N2O4/c1-18(27)25-21(20-13-9-6-10-14-20)15-23(29)30-17-22(28)26(24(2,3)4)16-19-11-7-5-8-12-19/h5-14,21H,15-17H2,1-4H3,(H,25,27)/t21-/m1/s1. The second-order valence-electron chi connectivity index (χ2n) is 8.16. The van der Waals surface area contributed by atoms with E-state index in [1.807, 2.05) is 81.4 Å². The van der Waals surface area contributed by atoms with Crippen LogP contribution in [0.3, 0.4) is 0 Å². The van der Waals surface area contributed by atoms with Gasteiger partial charge in [0, 0.05) is 19.0 Å². The molecule has 0 aliphatic rings. The van der Waals surface area contributed by atoms with Gasteiger partial charge in [0.1, 0.15) is 0 Å². The van der Waals surface area contributed by atoms with E-state index in [0.717, 1.165) is 11.1 Å². The minimum atomic E-state index is -0.542. The Morgan fingerprint density at radius 1 is 0.967 bits per heavy atom. The molecule has 1 atom stereocenters. The number of hydrogen-bond donors (Lipinski definition) is 1. The number of esters is 1. The monoisotopic (exact) mass is 410 g/mol. The van der Waals surface area contributed by atoms with Gasteiger partial charge in [-0.1, -0.05) is 60.7 Å². The van der Waals surface area contributed by atoms with E-state index in [4.69, 9.17) is 4.74 Å². The van der Waals surface area contributed by atoms with Crippen LogP contribution in [-0.4, -0.2) is 34.8 Å². The van der Waals surface area contributed by atoms with Crippen molar-refractivity contribution in [3.63, 3.8) is 0 Å². The molecule has 0 radical (unpaired) electrons. The molecule has 2 amide bonds. The first-order valence-corrected chi connectivity index (χ1v) is 9.99. The van der Waals surface area contributed by atoms with E-state index in [1.54, 1.807) is 4.90 Å². The number of carbonyl (C=O) groups is 3. The van der Waals surface area contributed by atoms with Crippen LogP contribution in [0.1, 0.15) is 51.3 Å². The highest BCUT2D eigenvalue weighted by molar-refractivity contribution is 5.82. The predicted molar refractivity (Wildman–Crippen MR) is 115 cm³/mol. The molecular formula is C24H30N2O4. The highest BCUT2D eigenvalue weighted by atomic mass is 16.5. The van der Waals surface area contributed by atoms with Crippen LogP contribution in [0.25, 0.3) is 0 Å². The van der Waals surface area contributed by atoms with Crippen LogP contribution in [0.4, 0.5) is 0 Å². The molecule has 1 N–H and O–H groups in total. The van der Waals surface area contributed by atoms with E-state index >= 15 is 0 Å². The summed E-state index contributed by atoms with van der Waals surface area (Å²) < 4.78 is 5.27. The maximum Gasteiger partial charge on any atom is 0.308 e. The quantitative estimate of drug-likeness (QED) is 0.675. The molecule has 2 aromatic carbocycles. The van der Waals surface area contributed by atoms with Crippen LogP contribution < -0.4 is 5.32 Å². The van der Waals surface area contributed by atoms with E-state index in [9.17, 15) is 14.4 Å². The Bertz CT molecular complexity index is 845.